The van der Waals surface area contributed by atoms with Crippen LogP contribution in [-0.4, -0.2) is 11.1 Å². The molecule has 0 bridgehead atoms. The first kappa shape index (κ1) is 12.6. The number of hydrogen-bond acceptors (Lipinski definition) is 4. The number of furan rings is 1. The number of hydrogen-bond donors (Lipinski definition) is 1. The maximum absolute atomic E-state index is 10.7. The predicted molar refractivity (Wildman–Crippen MR) is 66.0 cm³/mol. The summed E-state index contributed by atoms with van der Waals surface area (Å²) in [6.07, 6.45) is 0. The quantitative estimate of drug-likeness (QED) is 0.928. The van der Waals surface area contributed by atoms with Gasteiger partial charge in [-0.3, -0.25) is 0 Å². The molecule has 4 nitrogen and oxygen atoms in total. The molecule has 0 saturated carbocycles. The van der Waals surface area contributed by atoms with Crippen molar-refractivity contribution in [2.45, 2.75) is 9.99 Å². The molecule has 0 unspecified atom stereocenters. The van der Waals surface area contributed by atoms with Crippen LogP contribution >= 0.6 is 23.4 Å². The maximum atomic E-state index is 10.7. The van der Waals surface area contributed by atoms with E-state index in [1.165, 1.54) is 12.1 Å². The highest BCUT2D eigenvalue weighted by Crippen LogP contribution is 2.34. The van der Waals surface area contributed by atoms with Gasteiger partial charge in [-0.1, -0.05) is 29.4 Å². The van der Waals surface area contributed by atoms with Crippen LogP contribution in [0.3, 0.4) is 0 Å². The molecule has 0 aliphatic rings. The second-order valence-electron chi connectivity index (χ2n) is 3.25. The maximum Gasteiger partial charge on any atom is 0.371 e. The molecular formula is C12H6ClNO3S. The summed E-state index contributed by atoms with van der Waals surface area (Å²) >= 11 is 7.05. The monoisotopic (exact) mass is 279 g/mol. The Hall–Kier alpha value is -1.90. The molecule has 1 aromatic heterocycles. The molecule has 0 atom stereocenters. The predicted octanol–water partition coefficient (Wildman–Crippen LogP) is 3.65. The minimum Gasteiger partial charge on any atom is -0.475 e. The molecule has 2 aromatic rings. The van der Waals surface area contributed by atoms with E-state index in [0.717, 1.165) is 11.8 Å². The summed E-state index contributed by atoms with van der Waals surface area (Å²) in [6.45, 7) is 0. The molecule has 1 N–H and O–H groups in total. The van der Waals surface area contributed by atoms with Gasteiger partial charge in [0.25, 0.3) is 0 Å². The number of carbonyl (C=O) groups is 1. The number of carboxylic acids is 1. The van der Waals surface area contributed by atoms with E-state index in [9.17, 15) is 4.79 Å². The third-order valence-electron chi connectivity index (χ3n) is 2.09. The van der Waals surface area contributed by atoms with Gasteiger partial charge >= 0.3 is 5.97 Å². The molecule has 0 saturated heterocycles. The standard InChI is InChI=1S/C12H6ClNO3S/c13-8-2-1-3-10(7(8)6-14)18-11-5-4-9(17-11)12(15)16/h1-5H,(H,15,16). The average molecular weight is 280 g/mol. The van der Waals surface area contributed by atoms with E-state index in [0.29, 0.717) is 20.6 Å². The molecule has 6 heteroatoms. The largest absolute Gasteiger partial charge is 0.475 e. The fourth-order valence-electron chi connectivity index (χ4n) is 1.30. The third kappa shape index (κ3) is 2.50. The van der Waals surface area contributed by atoms with Gasteiger partial charge in [-0.05, 0) is 24.3 Å². The summed E-state index contributed by atoms with van der Waals surface area (Å²) in [5.74, 6) is -1.27. The van der Waals surface area contributed by atoms with Crippen molar-refractivity contribution in [3.63, 3.8) is 0 Å². The van der Waals surface area contributed by atoms with E-state index < -0.39 is 5.97 Å². The van der Waals surface area contributed by atoms with Crippen molar-refractivity contribution in [3.05, 3.63) is 46.7 Å². The van der Waals surface area contributed by atoms with Gasteiger partial charge in [0.15, 0.2) is 5.09 Å². The van der Waals surface area contributed by atoms with Crippen LogP contribution in [0, 0.1) is 11.3 Å². The van der Waals surface area contributed by atoms with Crippen molar-refractivity contribution in [2.24, 2.45) is 0 Å². The molecule has 0 amide bonds. The van der Waals surface area contributed by atoms with Crippen molar-refractivity contribution in [2.75, 3.05) is 0 Å². The van der Waals surface area contributed by atoms with Crippen LogP contribution in [0.2, 0.25) is 5.02 Å². The van der Waals surface area contributed by atoms with Gasteiger partial charge in [0.05, 0.1) is 10.6 Å². The first-order valence-corrected chi connectivity index (χ1v) is 6.01. The topological polar surface area (TPSA) is 74.2 Å². The highest BCUT2D eigenvalue weighted by atomic mass is 35.5. The summed E-state index contributed by atoms with van der Waals surface area (Å²) < 4.78 is 5.10. The highest BCUT2D eigenvalue weighted by molar-refractivity contribution is 7.99. The lowest BCUT2D eigenvalue weighted by Gasteiger charge is -2.02. The fourth-order valence-corrected chi connectivity index (χ4v) is 2.46. The van der Waals surface area contributed by atoms with E-state index in [1.807, 2.05) is 6.07 Å². The molecule has 0 radical (unpaired) electrons. The molecule has 1 heterocycles. The number of nitriles is 1. The van der Waals surface area contributed by atoms with Crippen molar-refractivity contribution >= 4 is 29.3 Å². The Kier molecular flexibility index (Phi) is 3.60. The van der Waals surface area contributed by atoms with E-state index in [-0.39, 0.29) is 5.76 Å². The Morgan fingerprint density at radius 2 is 2.17 bits per heavy atom. The van der Waals surface area contributed by atoms with Crippen LogP contribution in [0.1, 0.15) is 16.1 Å². The Morgan fingerprint density at radius 1 is 1.39 bits per heavy atom. The van der Waals surface area contributed by atoms with Crippen LogP contribution in [0.25, 0.3) is 0 Å². The molecule has 0 aliphatic heterocycles. The number of aromatic carboxylic acids is 1. The minimum atomic E-state index is -1.13. The zero-order valence-corrected chi connectivity index (χ0v) is 10.5. The van der Waals surface area contributed by atoms with Crippen molar-refractivity contribution in [1.82, 2.24) is 0 Å². The lowest BCUT2D eigenvalue weighted by molar-refractivity contribution is 0.0656. The smallest absolute Gasteiger partial charge is 0.371 e. The zero-order chi connectivity index (χ0) is 13.1. The van der Waals surface area contributed by atoms with Crippen LogP contribution < -0.4 is 0 Å². The fraction of sp³-hybridized carbons (Fsp3) is 0. The van der Waals surface area contributed by atoms with Crippen molar-refractivity contribution in [3.8, 4) is 6.07 Å². The molecule has 0 aliphatic carbocycles. The summed E-state index contributed by atoms with van der Waals surface area (Å²) in [7, 11) is 0. The van der Waals surface area contributed by atoms with Crippen LogP contribution in [0.4, 0.5) is 0 Å². The van der Waals surface area contributed by atoms with Gasteiger partial charge in [-0.2, -0.15) is 5.26 Å². The number of benzene rings is 1. The van der Waals surface area contributed by atoms with Crippen molar-refractivity contribution in [1.29, 1.82) is 5.26 Å². The van der Waals surface area contributed by atoms with E-state index >= 15 is 0 Å². The Labute approximate surface area is 112 Å². The molecule has 90 valence electrons. The number of carboxylic acid groups (broad SMARTS) is 1. The van der Waals surface area contributed by atoms with Gasteiger partial charge in [0, 0.05) is 4.90 Å². The Balaban J connectivity index is 2.31. The number of rotatable bonds is 3. The second kappa shape index (κ2) is 5.17. The van der Waals surface area contributed by atoms with Gasteiger partial charge in [-0.25, -0.2) is 4.79 Å². The van der Waals surface area contributed by atoms with Gasteiger partial charge < -0.3 is 9.52 Å². The summed E-state index contributed by atoms with van der Waals surface area (Å²) in [4.78, 5) is 11.3. The van der Waals surface area contributed by atoms with Crippen LogP contribution in [-0.2, 0) is 0 Å². The van der Waals surface area contributed by atoms with Crippen LogP contribution in [0.15, 0.2) is 44.7 Å². The number of halogens is 1. The molecule has 0 spiro atoms. The summed E-state index contributed by atoms with van der Waals surface area (Å²) in [6, 6.07) is 9.96. The number of nitrogens with zero attached hydrogens (tertiary/aromatic N) is 1. The van der Waals surface area contributed by atoms with Gasteiger partial charge in [0.2, 0.25) is 5.76 Å². The van der Waals surface area contributed by atoms with Crippen LogP contribution in [0.5, 0.6) is 0 Å². The Morgan fingerprint density at radius 3 is 2.78 bits per heavy atom. The first-order chi connectivity index (χ1) is 8.61. The van der Waals surface area contributed by atoms with Gasteiger partial charge in [-0.15, -0.1) is 0 Å². The SMILES string of the molecule is N#Cc1c(Cl)cccc1Sc1ccc(C(=O)O)o1. The molecule has 18 heavy (non-hydrogen) atoms. The molecular weight excluding hydrogens is 274 g/mol. The molecule has 2 rings (SSSR count). The third-order valence-corrected chi connectivity index (χ3v) is 3.39. The van der Waals surface area contributed by atoms with E-state index in [4.69, 9.17) is 26.4 Å². The first-order valence-electron chi connectivity index (χ1n) is 4.81. The summed E-state index contributed by atoms with van der Waals surface area (Å²) in [5.41, 5.74) is 0.345. The lowest BCUT2D eigenvalue weighted by atomic mass is 10.2. The lowest BCUT2D eigenvalue weighted by Crippen LogP contribution is -1.91. The zero-order valence-electron chi connectivity index (χ0n) is 8.88. The molecule has 0 fully saturated rings. The van der Waals surface area contributed by atoms with E-state index in [1.54, 1.807) is 18.2 Å². The minimum absolute atomic E-state index is 0.141. The van der Waals surface area contributed by atoms with E-state index in [2.05, 4.69) is 0 Å². The normalized spacial score (nSPS) is 10.0. The highest BCUT2D eigenvalue weighted by Gasteiger charge is 2.13. The Bertz CT molecular complexity index is 645. The average Bonchev–Trinajstić information content (AvgIpc) is 2.78. The van der Waals surface area contributed by atoms with Crippen molar-refractivity contribution < 1.29 is 14.3 Å². The second-order valence-corrected chi connectivity index (χ2v) is 4.70. The summed E-state index contributed by atoms with van der Waals surface area (Å²) in [5, 5.41) is 18.5. The van der Waals surface area contributed by atoms with Gasteiger partial charge in [0.1, 0.15) is 6.07 Å². The molecule has 1 aromatic carbocycles.